The van der Waals surface area contributed by atoms with Crippen molar-refractivity contribution in [1.29, 1.82) is 0 Å². The fraction of sp³-hybridized carbons (Fsp3) is 0.417. The highest BCUT2D eigenvalue weighted by Crippen LogP contribution is 2.06. The Balaban J connectivity index is 2.58. The third-order valence-electron chi connectivity index (χ3n) is 2.31. The van der Waals surface area contributed by atoms with E-state index in [-0.39, 0.29) is 0 Å². The van der Waals surface area contributed by atoms with Gasteiger partial charge in [0.2, 0.25) is 0 Å². The fourth-order valence-electron chi connectivity index (χ4n) is 1.37. The van der Waals surface area contributed by atoms with E-state index < -0.39 is 0 Å². The van der Waals surface area contributed by atoms with Gasteiger partial charge < -0.3 is 11.1 Å². The second-order valence-electron chi connectivity index (χ2n) is 3.48. The molecule has 3 nitrogen and oxygen atoms in total. The Morgan fingerprint density at radius 2 is 1.87 bits per heavy atom. The maximum atomic E-state index is 5.80. The first-order valence-corrected chi connectivity index (χ1v) is 5.41. The van der Waals surface area contributed by atoms with Crippen LogP contribution in [0.25, 0.3) is 0 Å². The number of benzene rings is 1. The molecule has 0 saturated carbocycles. The maximum absolute atomic E-state index is 5.80. The summed E-state index contributed by atoms with van der Waals surface area (Å²) in [5, 5.41) is 3.07. The van der Waals surface area contributed by atoms with Crippen molar-refractivity contribution < 1.29 is 0 Å². The summed E-state index contributed by atoms with van der Waals surface area (Å²) in [4.78, 5) is 4.39. The van der Waals surface area contributed by atoms with Crippen molar-refractivity contribution in [1.82, 2.24) is 0 Å². The first-order valence-electron chi connectivity index (χ1n) is 5.41. The summed E-state index contributed by atoms with van der Waals surface area (Å²) in [6, 6.07) is 10.2. The number of anilines is 1. The minimum Gasteiger partial charge on any atom is -0.370 e. The molecule has 0 saturated heterocycles. The van der Waals surface area contributed by atoms with Crippen LogP contribution in [-0.4, -0.2) is 12.0 Å². The number of para-hydroxylation sites is 1. The third kappa shape index (κ3) is 4.02. The van der Waals surface area contributed by atoms with Crippen molar-refractivity contribution in [2.75, 3.05) is 5.32 Å². The number of rotatable bonds is 4. The van der Waals surface area contributed by atoms with Gasteiger partial charge in [0.25, 0.3) is 0 Å². The molecule has 0 amide bonds. The van der Waals surface area contributed by atoms with E-state index in [1.807, 2.05) is 30.3 Å². The van der Waals surface area contributed by atoms with Crippen LogP contribution in [0.5, 0.6) is 0 Å². The number of hydrogen-bond acceptors (Lipinski definition) is 1. The molecule has 0 heterocycles. The molecule has 82 valence electrons. The van der Waals surface area contributed by atoms with Gasteiger partial charge in [0.1, 0.15) is 0 Å². The molecule has 0 radical (unpaired) electrons. The summed E-state index contributed by atoms with van der Waals surface area (Å²) in [5.41, 5.74) is 6.77. The fourth-order valence-corrected chi connectivity index (χ4v) is 1.37. The van der Waals surface area contributed by atoms with Gasteiger partial charge in [-0.3, -0.25) is 0 Å². The standard InChI is InChI=1S/C12H19N3/c1-3-10(4-2)14-12(13)15-11-8-6-5-7-9-11/h5-10H,3-4H2,1-2H3,(H3,13,14,15). The summed E-state index contributed by atoms with van der Waals surface area (Å²) in [5.74, 6) is 0.495. The number of nitrogens with one attached hydrogen (secondary N) is 1. The van der Waals surface area contributed by atoms with E-state index >= 15 is 0 Å². The van der Waals surface area contributed by atoms with Gasteiger partial charge in [-0.2, -0.15) is 0 Å². The molecule has 0 spiro atoms. The molecule has 1 aromatic rings. The summed E-state index contributed by atoms with van der Waals surface area (Å²) in [6.07, 6.45) is 2.04. The zero-order valence-corrected chi connectivity index (χ0v) is 9.40. The number of guanidine groups is 1. The molecule has 0 aliphatic carbocycles. The van der Waals surface area contributed by atoms with E-state index in [1.165, 1.54) is 0 Å². The highest BCUT2D eigenvalue weighted by molar-refractivity contribution is 5.92. The van der Waals surface area contributed by atoms with Crippen LogP contribution >= 0.6 is 0 Å². The van der Waals surface area contributed by atoms with Gasteiger partial charge in [-0.1, -0.05) is 32.0 Å². The first-order chi connectivity index (χ1) is 7.26. The molecule has 0 unspecified atom stereocenters. The smallest absolute Gasteiger partial charge is 0.193 e. The van der Waals surface area contributed by atoms with Crippen LogP contribution in [0.15, 0.2) is 35.3 Å². The average Bonchev–Trinajstić information content (AvgIpc) is 2.27. The van der Waals surface area contributed by atoms with Gasteiger partial charge in [-0.05, 0) is 25.0 Å². The van der Waals surface area contributed by atoms with Crippen LogP contribution in [0, 0.1) is 0 Å². The van der Waals surface area contributed by atoms with E-state index in [4.69, 9.17) is 5.73 Å². The van der Waals surface area contributed by atoms with E-state index in [2.05, 4.69) is 24.2 Å². The Morgan fingerprint density at radius 3 is 2.40 bits per heavy atom. The predicted octanol–water partition coefficient (Wildman–Crippen LogP) is 2.60. The van der Waals surface area contributed by atoms with E-state index in [9.17, 15) is 0 Å². The summed E-state index contributed by atoms with van der Waals surface area (Å²) < 4.78 is 0. The minimum atomic E-state index is 0.321. The van der Waals surface area contributed by atoms with Crippen molar-refractivity contribution in [2.45, 2.75) is 32.7 Å². The predicted molar refractivity (Wildman–Crippen MR) is 66.1 cm³/mol. The average molecular weight is 205 g/mol. The van der Waals surface area contributed by atoms with Crippen LogP contribution in [0.2, 0.25) is 0 Å². The zero-order chi connectivity index (χ0) is 11.1. The Bertz CT molecular complexity index is 302. The number of aliphatic imine (C=N–C) groups is 1. The molecule has 1 rings (SSSR count). The number of nitrogens with zero attached hydrogens (tertiary/aromatic N) is 1. The van der Waals surface area contributed by atoms with Crippen molar-refractivity contribution >= 4 is 11.6 Å². The lowest BCUT2D eigenvalue weighted by Crippen LogP contribution is -2.24. The molecular formula is C12H19N3. The normalized spacial score (nSPS) is 11.8. The number of hydrogen-bond donors (Lipinski definition) is 2. The Labute approximate surface area is 91.4 Å². The van der Waals surface area contributed by atoms with Gasteiger partial charge in [-0.25, -0.2) is 4.99 Å². The molecule has 0 aromatic heterocycles. The first kappa shape index (κ1) is 11.6. The van der Waals surface area contributed by atoms with Crippen molar-refractivity contribution in [2.24, 2.45) is 10.7 Å². The molecule has 0 aliphatic rings. The highest BCUT2D eigenvalue weighted by Gasteiger charge is 2.01. The quantitative estimate of drug-likeness (QED) is 0.586. The topological polar surface area (TPSA) is 50.4 Å². The molecule has 0 aliphatic heterocycles. The second-order valence-corrected chi connectivity index (χ2v) is 3.48. The van der Waals surface area contributed by atoms with Gasteiger partial charge in [0.05, 0.1) is 6.04 Å². The molecule has 0 fully saturated rings. The largest absolute Gasteiger partial charge is 0.370 e. The molecular weight excluding hydrogens is 186 g/mol. The molecule has 0 atom stereocenters. The lowest BCUT2D eigenvalue weighted by atomic mass is 10.2. The van der Waals surface area contributed by atoms with Crippen LogP contribution in [0.3, 0.4) is 0 Å². The van der Waals surface area contributed by atoms with Crippen molar-refractivity contribution in [3.05, 3.63) is 30.3 Å². The zero-order valence-electron chi connectivity index (χ0n) is 9.40. The summed E-state index contributed by atoms with van der Waals surface area (Å²) in [6.45, 7) is 4.24. The van der Waals surface area contributed by atoms with Crippen molar-refractivity contribution in [3.63, 3.8) is 0 Å². The van der Waals surface area contributed by atoms with Gasteiger partial charge in [-0.15, -0.1) is 0 Å². The molecule has 15 heavy (non-hydrogen) atoms. The summed E-state index contributed by atoms with van der Waals surface area (Å²) in [7, 11) is 0. The Hall–Kier alpha value is -1.51. The number of nitrogens with two attached hydrogens (primary N) is 1. The lowest BCUT2D eigenvalue weighted by molar-refractivity contribution is 0.631. The molecule has 3 N–H and O–H groups in total. The van der Waals surface area contributed by atoms with Gasteiger partial charge in [0.15, 0.2) is 5.96 Å². The molecule has 3 heteroatoms. The summed E-state index contributed by atoms with van der Waals surface area (Å²) >= 11 is 0. The van der Waals surface area contributed by atoms with E-state index in [1.54, 1.807) is 0 Å². The van der Waals surface area contributed by atoms with Crippen LogP contribution in [0.1, 0.15) is 26.7 Å². The second kappa shape index (κ2) is 6.06. The SMILES string of the molecule is CCC(CC)N=C(N)Nc1ccccc1. The van der Waals surface area contributed by atoms with E-state index in [0.29, 0.717) is 12.0 Å². The Morgan fingerprint density at radius 1 is 1.27 bits per heavy atom. The van der Waals surface area contributed by atoms with Crippen molar-refractivity contribution in [3.8, 4) is 0 Å². The van der Waals surface area contributed by atoms with Crippen LogP contribution in [-0.2, 0) is 0 Å². The van der Waals surface area contributed by atoms with Gasteiger partial charge in [0, 0.05) is 5.69 Å². The monoisotopic (exact) mass is 205 g/mol. The lowest BCUT2D eigenvalue weighted by Gasteiger charge is -2.10. The van der Waals surface area contributed by atoms with E-state index in [0.717, 1.165) is 18.5 Å². The molecule has 1 aromatic carbocycles. The molecule has 0 bridgehead atoms. The minimum absolute atomic E-state index is 0.321. The van der Waals surface area contributed by atoms with Gasteiger partial charge >= 0.3 is 0 Å². The third-order valence-corrected chi connectivity index (χ3v) is 2.31. The Kier molecular flexibility index (Phi) is 4.68. The van der Waals surface area contributed by atoms with Crippen LogP contribution in [0.4, 0.5) is 5.69 Å². The highest BCUT2D eigenvalue weighted by atomic mass is 15.1. The van der Waals surface area contributed by atoms with Crippen LogP contribution < -0.4 is 11.1 Å². The maximum Gasteiger partial charge on any atom is 0.193 e.